The number of rotatable bonds is 4. The van der Waals surface area contributed by atoms with E-state index < -0.39 is 5.97 Å². The predicted octanol–water partition coefficient (Wildman–Crippen LogP) is 5.86. The van der Waals surface area contributed by atoms with Crippen LogP contribution in [0.3, 0.4) is 0 Å². The number of hydrogen-bond donors (Lipinski definition) is 0. The number of hydrogen-bond acceptors (Lipinski definition) is 6. The van der Waals surface area contributed by atoms with Crippen molar-refractivity contribution in [1.82, 2.24) is 0 Å². The van der Waals surface area contributed by atoms with Gasteiger partial charge in [-0.2, -0.15) is 0 Å². The highest BCUT2D eigenvalue weighted by Crippen LogP contribution is 2.73. The second kappa shape index (κ2) is 8.27. The second-order valence-corrected chi connectivity index (χ2v) is 12.2. The topological polar surface area (TPSA) is 77.5 Å². The van der Waals surface area contributed by atoms with Gasteiger partial charge in [0, 0.05) is 18.8 Å². The Morgan fingerprint density at radius 3 is 2.58 bits per heavy atom. The van der Waals surface area contributed by atoms with Gasteiger partial charge >= 0.3 is 11.9 Å². The van der Waals surface area contributed by atoms with Gasteiger partial charge in [0.25, 0.3) is 0 Å². The van der Waals surface area contributed by atoms with Crippen molar-refractivity contribution in [3.05, 3.63) is 47.5 Å². The number of allylic oxidation sites excluding steroid dienone is 1. The molecule has 6 heteroatoms. The van der Waals surface area contributed by atoms with Crippen LogP contribution >= 0.6 is 0 Å². The summed E-state index contributed by atoms with van der Waals surface area (Å²) in [4.78, 5) is 29.0. The van der Waals surface area contributed by atoms with Gasteiger partial charge in [-0.25, -0.2) is 9.59 Å². The largest absolute Gasteiger partial charge is 0.458 e. The minimum Gasteiger partial charge on any atom is -0.458 e. The number of ether oxygens (including phenoxy) is 2. The van der Waals surface area contributed by atoms with E-state index in [1.54, 1.807) is 0 Å². The zero-order valence-corrected chi connectivity index (χ0v) is 21.8. The molecule has 3 saturated carbocycles. The van der Waals surface area contributed by atoms with Crippen molar-refractivity contribution in [1.29, 1.82) is 0 Å². The Labute approximate surface area is 213 Å². The number of esters is 1. The van der Waals surface area contributed by atoms with Gasteiger partial charge in [-0.1, -0.05) is 48.9 Å². The number of oxime groups is 1. The molecule has 1 aromatic carbocycles. The molecule has 36 heavy (non-hydrogen) atoms. The lowest BCUT2D eigenvalue weighted by atomic mass is 9.47. The van der Waals surface area contributed by atoms with Crippen LogP contribution in [-0.4, -0.2) is 35.5 Å². The summed E-state index contributed by atoms with van der Waals surface area (Å²) in [6.45, 7) is 8.19. The van der Waals surface area contributed by atoms with Gasteiger partial charge in [-0.3, -0.25) is 0 Å². The summed E-state index contributed by atoms with van der Waals surface area (Å²) in [5.74, 6) is 1.22. The predicted molar refractivity (Wildman–Crippen MR) is 135 cm³/mol. The minimum atomic E-state index is -0.394. The van der Waals surface area contributed by atoms with E-state index in [0.717, 1.165) is 44.2 Å². The van der Waals surface area contributed by atoms with Crippen molar-refractivity contribution < 1.29 is 23.9 Å². The quantitative estimate of drug-likeness (QED) is 0.132. The zero-order valence-electron chi connectivity index (χ0n) is 21.8. The van der Waals surface area contributed by atoms with Crippen molar-refractivity contribution in [2.24, 2.45) is 33.7 Å². The summed E-state index contributed by atoms with van der Waals surface area (Å²) in [5, 5.41) is 4.18. The Bertz CT molecular complexity index is 1140. The maximum Gasteiger partial charge on any atom is 0.338 e. The molecule has 6 nitrogen and oxygen atoms in total. The first-order valence-electron chi connectivity index (χ1n) is 13.5. The summed E-state index contributed by atoms with van der Waals surface area (Å²) in [6, 6.07) is 9.30. The number of benzene rings is 1. The van der Waals surface area contributed by atoms with E-state index in [2.05, 4.69) is 25.1 Å². The summed E-state index contributed by atoms with van der Waals surface area (Å²) < 4.78 is 12.3. The Hall–Kier alpha value is -2.47. The third kappa shape index (κ3) is 3.36. The van der Waals surface area contributed by atoms with Crippen molar-refractivity contribution in [3.63, 3.8) is 0 Å². The molecule has 1 aliphatic heterocycles. The van der Waals surface area contributed by atoms with Gasteiger partial charge in [0.15, 0.2) is 0 Å². The fraction of sp³-hybridized carbons (Fsp3) is 0.633. The summed E-state index contributed by atoms with van der Waals surface area (Å²) in [5.41, 5.74) is 2.72. The second-order valence-electron chi connectivity index (χ2n) is 12.2. The van der Waals surface area contributed by atoms with E-state index in [1.807, 2.05) is 37.3 Å². The van der Waals surface area contributed by atoms with E-state index in [1.165, 1.54) is 18.9 Å². The molecule has 1 saturated heterocycles. The molecule has 8 atom stereocenters. The van der Waals surface area contributed by atoms with Gasteiger partial charge in [0.1, 0.15) is 11.7 Å². The molecule has 0 spiro atoms. The number of fused-ring (bicyclic) bond motifs is 7. The van der Waals surface area contributed by atoms with Crippen LogP contribution in [0, 0.1) is 28.6 Å². The fourth-order valence-corrected chi connectivity index (χ4v) is 8.81. The molecule has 4 fully saturated rings. The van der Waals surface area contributed by atoms with Crippen molar-refractivity contribution in [2.75, 3.05) is 0 Å². The maximum absolute atomic E-state index is 12.7. The molecule has 0 aromatic heterocycles. The van der Waals surface area contributed by atoms with Gasteiger partial charge < -0.3 is 14.3 Å². The van der Waals surface area contributed by atoms with Gasteiger partial charge in [-0.15, -0.1) is 0 Å². The lowest BCUT2D eigenvalue weighted by molar-refractivity contribution is -0.141. The minimum absolute atomic E-state index is 0.0106. The van der Waals surface area contributed by atoms with Crippen molar-refractivity contribution >= 4 is 17.7 Å². The van der Waals surface area contributed by atoms with Crippen LogP contribution in [-0.2, 0) is 19.1 Å². The maximum atomic E-state index is 12.7. The SMILES string of the molecule is CC(=O)O/N=C(\C)[C@]12O[C@@H]1C[C@H]1[C@@H]3CC=C4C[C@@H](OC(=O)c5ccccc5)CC[C@]4(C)[C@H]3CC[C@@]12C. The van der Waals surface area contributed by atoms with Crippen molar-refractivity contribution in [3.8, 4) is 0 Å². The molecule has 6 rings (SSSR count). The third-order valence-electron chi connectivity index (χ3n) is 10.6. The van der Waals surface area contributed by atoms with E-state index in [0.29, 0.717) is 23.3 Å². The van der Waals surface area contributed by atoms with E-state index in [-0.39, 0.29) is 34.6 Å². The summed E-state index contributed by atoms with van der Waals surface area (Å²) in [7, 11) is 0. The Morgan fingerprint density at radius 2 is 1.83 bits per heavy atom. The molecule has 1 aromatic rings. The van der Waals surface area contributed by atoms with Gasteiger partial charge in [0.05, 0.1) is 17.4 Å². The molecule has 192 valence electrons. The lowest BCUT2D eigenvalue weighted by Crippen LogP contribution is -2.54. The molecule has 5 aliphatic rings. The number of carbonyl (C=O) groups excluding carboxylic acids is 2. The van der Waals surface area contributed by atoms with Crippen LogP contribution in [0.2, 0.25) is 0 Å². The lowest BCUT2D eigenvalue weighted by Gasteiger charge is -2.58. The van der Waals surface area contributed by atoms with Crippen molar-refractivity contribution in [2.45, 2.75) is 90.4 Å². The van der Waals surface area contributed by atoms with Crippen LogP contribution in [0.1, 0.15) is 83.0 Å². The number of epoxide rings is 1. The van der Waals surface area contributed by atoms with Crippen LogP contribution in [0.25, 0.3) is 0 Å². The molecule has 0 bridgehead atoms. The standard InChI is InChI=1S/C30H37NO5/c1-18(31-36-19(2)32)30-26(35-30)17-25-23-11-10-21-16-22(34-27(33)20-8-6-5-7-9-20)12-14-28(21,3)24(23)13-15-29(25,30)4/h5-10,22-26H,11-17H2,1-4H3/b31-18+/t22-,23+,24-,25-,26+,28-,29-,30-/m0/s1. The summed E-state index contributed by atoms with van der Waals surface area (Å²) >= 11 is 0. The number of nitrogens with zero attached hydrogens (tertiary/aromatic N) is 1. The molecule has 1 heterocycles. The highest BCUT2D eigenvalue weighted by Gasteiger charge is 2.78. The zero-order chi connectivity index (χ0) is 25.3. The molecule has 4 aliphatic carbocycles. The van der Waals surface area contributed by atoms with Crippen LogP contribution in [0.5, 0.6) is 0 Å². The highest BCUT2D eigenvalue weighted by molar-refractivity contribution is 5.95. The molecule has 0 unspecified atom stereocenters. The summed E-state index contributed by atoms with van der Waals surface area (Å²) in [6.07, 6.45) is 9.84. The molecular formula is C30H37NO5. The molecule has 0 radical (unpaired) electrons. The van der Waals surface area contributed by atoms with E-state index in [9.17, 15) is 9.59 Å². The van der Waals surface area contributed by atoms with Crippen LogP contribution in [0.4, 0.5) is 0 Å². The average molecular weight is 492 g/mol. The number of carbonyl (C=O) groups is 2. The first kappa shape index (κ1) is 23.9. The normalized spacial score (nSPS) is 42.7. The molecule has 0 amide bonds. The van der Waals surface area contributed by atoms with E-state index in [4.69, 9.17) is 14.3 Å². The highest BCUT2D eigenvalue weighted by atomic mass is 16.7. The van der Waals surface area contributed by atoms with Gasteiger partial charge in [-0.05, 0) is 80.8 Å². The first-order chi connectivity index (χ1) is 17.2. The van der Waals surface area contributed by atoms with Gasteiger partial charge in [0.2, 0.25) is 0 Å². The van der Waals surface area contributed by atoms with E-state index >= 15 is 0 Å². The fourth-order valence-electron chi connectivity index (χ4n) is 8.81. The Balaban J connectivity index is 1.20. The van der Waals surface area contributed by atoms with Crippen LogP contribution < -0.4 is 0 Å². The molecule has 0 N–H and O–H groups in total. The van der Waals surface area contributed by atoms with Crippen LogP contribution in [0.15, 0.2) is 47.1 Å². The first-order valence-corrected chi connectivity index (χ1v) is 13.5. The monoisotopic (exact) mass is 491 g/mol. The Kier molecular flexibility index (Phi) is 5.49. The molecular weight excluding hydrogens is 454 g/mol. The third-order valence-corrected chi connectivity index (χ3v) is 10.6. The average Bonchev–Trinajstić information content (AvgIpc) is 3.54. The Morgan fingerprint density at radius 1 is 1.06 bits per heavy atom. The smallest absolute Gasteiger partial charge is 0.338 e.